The average Bonchev–Trinajstić information content (AvgIpc) is 1.57. The molecule has 6 N–H and O–H groups in total. The molecule has 6 aromatic heterocycles. The molecule has 0 amide bonds. The molecule has 2 aromatic carbocycles. The highest BCUT2D eigenvalue weighted by atomic mass is 15.9. The molecule has 0 spiro atoms. The van der Waals surface area contributed by atoms with Gasteiger partial charge in [0.1, 0.15) is 12.3 Å². The van der Waals surface area contributed by atoms with Crippen LogP contribution in [0.1, 0.15) is 175 Å². The first-order valence-electron chi connectivity index (χ1n) is 39.1. The second-order valence-electron chi connectivity index (χ2n) is 32.9. The smallest absolute Gasteiger partial charge is 0.105 e. The van der Waals surface area contributed by atoms with Crippen LogP contribution in [0.15, 0.2) is 58.2 Å². The van der Waals surface area contributed by atoms with E-state index in [1.165, 1.54) is 101 Å². The Labute approximate surface area is 654 Å². The number of imidazole rings is 6. The number of rotatable bonds is 6. The Bertz CT molecular complexity index is 5320. The number of aromatic nitrogens is 12. The summed E-state index contributed by atoms with van der Waals surface area (Å²) < 4.78 is 0. The maximum atomic E-state index is 4.94. The third-order valence-electron chi connectivity index (χ3n) is 24.0. The van der Waals surface area contributed by atoms with E-state index in [1.54, 1.807) is 38.0 Å². The maximum absolute atomic E-state index is 4.94. The van der Waals surface area contributed by atoms with Gasteiger partial charge in [-0.25, -0.2) is 40.1 Å². The molecule has 28 nitrogen and oxygen atoms in total. The quantitative estimate of drug-likeness (QED) is 0.0969. The molecule has 0 bridgehead atoms. The lowest BCUT2D eigenvalue weighted by atomic mass is 9.92. The lowest BCUT2D eigenvalue weighted by molar-refractivity contribution is -0.00991. The van der Waals surface area contributed by atoms with Gasteiger partial charge in [-0.05, 0) is 206 Å². The number of H-pyrrole nitrogens is 6. The van der Waals surface area contributed by atoms with Gasteiger partial charge in [0.25, 0.3) is 0 Å². The van der Waals surface area contributed by atoms with Gasteiger partial charge in [-0.2, -0.15) is 20.2 Å². The lowest BCUT2D eigenvalue weighted by Gasteiger charge is -2.34. The summed E-state index contributed by atoms with van der Waals surface area (Å²) in [6.07, 6.45) is 11.2. The van der Waals surface area contributed by atoms with Crippen molar-refractivity contribution in [1.29, 1.82) is 0 Å². The Morgan fingerprint density at radius 2 is 0.775 bits per heavy atom. The highest BCUT2D eigenvalue weighted by Gasteiger charge is 2.45. The average molecular weight is 1510 g/mol. The molecule has 6 aliphatic heterocycles. The molecule has 28 heteroatoms. The van der Waals surface area contributed by atoms with Crippen molar-refractivity contribution >= 4 is 112 Å². The van der Waals surface area contributed by atoms with Crippen LogP contribution >= 0.6 is 0 Å². The van der Waals surface area contributed by atoms with E-state index < -0.39 is 0 Å². The van der Waals surface area contributed by atoms with E-state index >= 15 is 0 Å². The second-order valence-corrected chi connectivity index (χ2v) is 32.9. The zero-order valence-corrected chi connectivity index (χ0v) is 71.2. The summed E-state index contributed by atoms with van der Waals surface area (Å²) in [5.74, 6) is 0.528. The number of hydrogen-bond donors (Lipinski definition) is 6. The summed E-state index contributed by atoms with van der Waals surface area (Å²) in [7, 11) is 14.7. The monoisotopic (exact) mass is 1510 g/mol. The Kier molecular flexibility index (Phi) is 22.2. The van der Waals surface area contributed by atoms with Gasteiger partial charge in [-0.3, -0.25) is 39.8 Å². The number of hydrazine groups is 6. The second kappa shape index (κ2) is 30.5. The van der Waals surface area contributed by atoms with Crippen LogP contribution in [0.25, 0.3) is 66.7 Å². The van der Waals surface area contributed by atoms with E-state index in [-0.39, 0.29) is 31.8 Å². The number of hydrazone groups is 2. The Morgan fingerprint density at radius 1 is 0.378 bits per heavy atom. The van der Waals surface area contributed by atoms with Gasteiger partial charge >= 0.3 is 0 Å². The number of aliphatic imine (C=N–C) groups is 2. The fourth-order valence-corrected chi connectivity index (χ4v) is 18.9. The largest absolute Gasteiger partial charge is 0.344 e. The molecule has 12 heterocycles. The number of hydrogen-bond acceptors (Lipinski definition) is 22. The molecule has 10 aliphatic rings. The topological polar surface area (TPSA) is 260 Å². The van der Waals surface area contributed by atoms with Crippen molar-refractivity contribution in [2.24, 2.45) is 26.1 Å². The predicted molar refractivity (Wildman–Crippen MR) is 457 cm³/mol. The number of nitrogens with zero attached hydrogens (tertiary/aromatic N) is 22. The van der Waals surface area contributed by atoms with Crippen LogP contribution in [0.4, 0.5) is 22.7 Å². The van der Waals surface area contributed by atoms with Crippen molar-refractivity contribution < 1.29 is 0 Å². The molecule has 0 saturated carbocycles. The Balaban J connectivity index is 0.000000124. The molecule has 111 heavy (non-hydrogen) atoms. The molecule has 6 unspecified atom stereocenters. The third kappa shape index (κ3) is 12.9. The predicted octanol–water partition coefficient (Wildman–Crippen LogP) is 7.11. The fourth-order valence-electron chi connectivity index (χ4n) is 18.9. The number of benzene rings is 2. The van der Waals surface area contributed by atoms with Crippen LogP contribution in [0, 0.1) is 33.6 Å². The standard InChI is InChI=1S/2C14H21N5.2C14H20N4.2C13H19N5.CH4/c1-8(2)19-14-10(4)12-11(15-7-16-12)9(3)13(14)17(5)18(19)6;1-8(2)19-17(5)13-9(3)11-12(16-7-15-11)10(4)14(13)18(19)6;1-7(2)14-17-12-8(3)10-11(16-6-15-10)9(4)13(12)18(14)5;1-7(2)18-10(5)17-13-8(3)11-12(16-6-15-11)9(4)14(13)18;1-7(2)18-13-9(4)11-10(14-6-15-11)8(3)12(13)16-17(18)5;1-7(2)18-16-12-8(3)10-11(15-6-14-10)9(4)13(12)17(18)5;/h2*7-8H,1-6H3,(H,15,16);6-7,13-14H,1-5H3,(H,15,16);6-7,10,14H,1-5H3,(H,15,16);2*6-7,13H,1-5H3,(H,14,15);1H4. The molecule has 596 valence electrons. The van der Waals surface area contributed by atoms with Gasteiger partial charge in [0, 0.05) is 99.9 Å². The molecule has 18 rings (SSSR count). The van der Waals surface area contributed by atoms with Gasteiger partial charge in [-0.1, -0.05) is 21.3 Å². The van der Waals surface area contributed by atoms with Crippen molar-refractivity contribution in [2.75, 3.05) is 69.4 Å². The van der Waals surface area contributed by atoms with Crippen LogP contribution in [-0.2, 0) is 0 Å². The summed E-state index contributed by atoms with van der Waals surface area (Å²) in [5, 5.41) is 40.3. The van der Waals surface area contributed by atoms with Crippen molar-refractivity contribution in [1.82, 2.24) is 100 Å². The number of fused-ring (bicyclic) bond motifs is 12. The zero-order valence-electron chi connectivity index (χ0n) is 71.2. The minimum absolute atomic E-state index is 0. The van der Waals surface area contributed by atoms with Gasteiger partial charge in [0.2, 0.25) is 0 Å². The highest BCUT2D eigenvalue weighted by molar-refractivity contribution is 6.27. The van der Waals surface area contributed by atoms with Crippen molar-refractivity contribution in [3.8, 4) is 0 Å². The van der Waals surface area contributed by atoms with E-state index in [9.17, 15) is 0 Å². The van der Waals surface area contributed by atoms with Crippen molar-refractivity contribution in [3.05, 3.63) is 103 Å². The molecule has 6 atom stereocenters. The minimum atomic E-state index is 0. The third-order valence-corrected chi connectivity index (χ3v) is 24.0. The zero-order chi connectivity index (χ0) is 79.9. The SMILES string of the molecule is C.CC1=c2nc[nH]c2=C(C)C2=NC(C(C)C)N(C)C21.CC1=c2nc[nH]c2=C(C)C2=NC(C)N(C(C)C)C21.CC1=c2nc[nH]c2=C(C)C2=NN(C(C)C)N(C)C21.CC1=c2nc[nH]c2=C(C)C2=NN(C)N(C(C)C)C21.Cc1c2c(c(C)c3[nH]cnc13)N(C(C)C)N(C)N2C.Cc1c2c(c(C)c3[nH]cnc13)N(C)N(C(C)C)N2C. The van der Waals surface area contributed by atoms with Crippen LogP contribution < -0.4 is 62.8 Å². The lowest BCUT2D eigenvalue weighted by Crippen LogP contribution is -2.51. The molecule has 8 aromatic rings. The van der Waals surface area contributed by atoms with Gasteiger partial charge in [0.05, 0.1) is 179 Å². The van der Waals surface area contributed by atoms with E-state index in [2.05, 4.69) is 330 Å². The normalized spacial score (nSPS) is 22.0. The summed E-state index contributed by atoms with van der Waals surface area (Å²) in [6, 6.07) is 3.12. The molecular weight excluding hydrogens is 1390 g/mol. The van der Waals surface area contributed by atoms with Gasteiger partial charge < -0.3 is 29.9 Å². The van der Waals surface area contributed by atoms with Gasteiger partial charge in [0.15, 0.2) is 0 Å². The molecule has 0 fully saturated rings. The summed E-state index contributed by atoms with van der Waals surface area (Å²) in [6.45, 7) is 54.4. The minimum Gasteiger partial charge on any atom is -0.344 e. The molecule has 4 aliphatic carbocycles. The maximum Gasteiger partial charge on any atom is 0.105 e. The van der Waals surface area contributed by atoms with Crippen molar-refractivity contribution in [2.45, 2.75) is 247 Å². The van der Waals surface area contributed by atoms with Crippen LogP contribution in [0.3, 0.4) is 0 Å². The van der Waals surface area contributed by atoms with Crippen LogP contribution in [0.2, 0.25) is 0 Å². The van der Waals surface area contributed by atoms with Crippen molar-refractivity contribution in [3.63, 3.8) is 0 Å². The van der Waals surface area contributed by atoms with E-state index in [4.69, 9.17) is 20.2 Å². The van der Waals surface area contributed by atoms with E-state index in [1.807, 2.05) is 12.2 Å². The first-order valence-corrected chi connectivity index (χ1v) is 39.1. The number of nitrogens with one attached hydrogen (secondary N) is 6. The molecule has 0 saturated heterocycles. The van der Waals surface area contributed by atoms with E-state index in [0.29, 0.717) is 48.2 Å². The Morgan fingerprint density at radius 3 is 1.21 bits per heavy atom. The highest BCUT2D eigenvalue weighted by Crippen LogP contribution is 2.48. The molecule has 0 radical (unpaired) electrons. The summed E-state index contributed by atoms with van der Waals surface area (Å²) in [4.78, 5) is 60.9. The first kappa shape index (κ1) is 80.9. The summed E-state index contributed by atoms with van der Waals surface area (Å²) in [5.41, 5.74) is 29.2. The first-order chi connectivity index (χ1) is 52.0. The van der Waals surface area contributed by atoms with E-state index in [0.717, 1.165) is 76.3 Å². The number of anilines is 4. The van der Waals surface area contributed by atoms with Gasteiger partial charge in [-0.15, -0.1) is 10.2 Å². The van der Waals surface area contributed by atoms with Crippen LogP contribution in [0.5, 0.6) is 0 Å². The summed E-state index contributed by atoms with van der Waals surface area (Å²) >= 11 is 0. The Hall–Kier alpha value is -9.58. The number of aryl methyl sites for hydroxylation is 4. The van der Waals surface area contributed by atoms with Crippen LogP contribution in [-0.4, -0.2) is 239 Å². The molecular formula is C83H124N28. The fraction of sp³-hybridized carbons (Fsp3) is 0.542. The number of aromatic amines is 6.